The summed E-state index contributed by atoms with van der Waals surface area (Å²) in [6.07, 6.45) is 5.51. The second-order valence-electron chi connectivity index (χ2n) is 14.3. The first-order valence-corrected chi connectivity index (χ1v) is 19.7. The van der Waals surface area contributed by atoms with Gasteiger partial charge in [0.15, 0.2) is 11.7 Å². The minimum Gasteiger partial charge on any atom is -0.370 e. The van der Waals surface area contributed by atoms with Crippen LogP contribution in [0.5, 0.6) is 0 Å². The third kappa shape index (κ3) is 13.4. The average molecular weight is 818 g/mol. The standard InChI is InChI=1S/C43H51N11O6/c44-39(57)34(22-29-24-49-32-16-8-7-15-31(29)32)53-40(58)33(17-10-20-48-43(45)46)52-41(59)35(21-27-11-3-1-4-12-27)54-42(60)36(23-30-25-47-26-50-30)51-38(56)19-9-18-37(55)28-13-5-2-6-14-28/h1-8,11-16,24-26,33-36,49H,9-10,17-23H2,(H2,44,57)(H,47,50)(H,51,56)(H,52,59)(H,53,58)(H,54,60)(H4,45,46,48)/t33-,34-,35+,36-/m0/s1. The zero-order chi connectivity index (χ0) is 42.9. The number of imidazole rings is 1. The number of nitrogens with two attached hydrogens (primary N) is 3. The van der Waals surface area contributed by atoms with Gasteiger partial charge in [-0.2, -0.15) is 0 Å². The molecule has 0 saturated heterocycles. The first kappa shape index (κ1) is 43.8. The van der Waals surface area contributed by atoms with E-state index in [1.165, 1.54) is 12.5 Å². The lowest BCUT2D eigenvalue weighted by Crippen LogP contribution is -2.59. The molecule has 5 aromatic rings. The number of ketones is 1. The maximum atomic E-state index is 14.2. The zero-order valence-corrected chi connectivity index (χ0v) is 33.1. The second-order valence-corrected chi connectivity index (χ2v) is 14.3. The molecule has 17 nitrogen and oxygen atoms in total. The summed E-state index contributed by atoms with van der Waals surface area (Å²) in [5, 5.41) is 11.9. The van der Waals surface area contributed by atoms with Crippen LogP contribution in [-0.4, -0.2) is 86.9 Å². The number of carbonyl (C=O) groups excluding carboxylic acids is 6. The van der Waals surface area contributed by atoms with E-state index in [4.69, 9.17) is 17.2 Å². The molecule has 5 amide bonds. The van der Waals surface area contributed by atoms with Gasteiger partial charge >= 0.3 is 0 Å². The van der Waals surface area contributed by atoms with Crippen molar-refractivity contribution in [1.82, 2.24) is 36.2 Å². The fourth-order valence-electron chi connectivity index (χ4n) is 6.66. The number of fused-ring (bicyclic) bond motifs is 1. The summed E-state index contributed by atoms with van der Waals surface area (Å²) in [4.78, 5) is 94.8. The number of aromatic nitrogens is 3. The van der Waals surface area contributed by atoms with Crippen LogP contribution in [0.1, 0.15) is 59.3 Å². The van der Waals surface area contributed by atoms with Crippen LogP contribution >= 0.6 is 0 Å². The molecule has 3 aromatic carbocycles. The molecule has 0 unspecified atom stereocenters. The van der Waals surface area contributed by atoms with Crippen LogP contribution < -0.4 is 38.5 Å². The Kier molecular flexibility index (Phi) is 16.1. The lowest BCUT2D eigenvalue weighted by atomic mass is 10.0. The molecule has 5 rings (SSSR count). The number of aliphatic imine (C=N–C) groups is 1. The van der Waals surface area contributed by atoms with Crippen molar-refractivity contribution >= 4 is 52.2 Å². The Hall–Kier alpha value is -7.30. The molecule has 2 aromatic heterocycles. The lowest BCUT2D eigenvalue weighted by molar-refractivity contribution is -0.134. The molecule has 314 valence electrons. The predicted molar refractivity (Wildman–Crippen MR) is 226 cm³/mol. The molecular weight excluding hydrogens is 767 g/mol. The molecule has 12 N–H and O–H groups in total. The predicted octanol–water partition coefficient (Wildman–Crippen LogP) is 1.45. The highest BCUT2D eigenvalue weighted by atomic mass is 16.2. The SMILES string of the molecule is NC(=O)[C@H](Cc1c[nH]c2ccccc12)NC(=O)[C@H](CCCN=C(N)N)NC(=O)[C@@H](Cc1ccccc1)NC(=O)[C@H](Cc1cnc[nH]1)NC(=O)CCCC(=O)c1ccccc1. The van der Waals surface area contributed by atoms with Gasteiger partial charge in [-0.15, -0.1) is 0 Å². The van der Waals surface area contributed by atoms with E-state index < -0.39 is 53.7 Å². The Labute approximate surface area is 346 Å². The van der Waals surface area contributed by atoms with Crippen LogP contribution in [0.15, 0.2) is 109 Å². The molecule has 0 aliphatic rings. The largest absolute Gasteiger partial charge is 0.370 e. The van der Waals surface area contributed by atoms with Crippen molar-refractivity contribution in [3.05, 3.63) is 126 Å². The fraction of sp³-hybridized carbons (Fsp3) is 0.302. The number of nitrogens with one attached hydrogen (secondary N) is 6. The van der Waals surface area contributed by atoms with Gasteiger partial charge in [-0.3, -0.25) is 33.8 Å². The molecule has 4 atom stereocenters. The van der Waals surface area contributed by atoms with Crippen LogP contribution in [0.3, 0.4) is 0 Å². The van der Waals surface area contributed by atoms with E-state index in [0.29, 0.717) is 16.8 Å². The van der Waals surface area contributed by atoms with Crippen molar-refractivity contribution < 1.29 is 28.8 Å². The molecule has 0 spiro atoms. The number of benzene rings is 3. The van der Waals surface area contributed by atoms with Gasteiger partial charge in [-0.1, -0.05) is 78.9 Å². The molecule has 2 heterocycles. The number of Topliss-reactive ketones (excluding diaryl/α,β-unsaturated/α-hetero) is 1. The summed E-state index contributed by atoms with van der Waals surface area (Å²) in [6.45, 7) is 0.149. The normalized spacial score (nSPS) is 12.9. The van der Waals surface area contributed by atoms with Crippen molar-refractivity contribution in [1.29, 1.82) is 0 Å². The van der Waals surface area contributed by atoms with Crippen molar-refractivity contribution in [2.24, 2.45) is 22.2 Å². The highest BCUT2D eigenvalue weighted by Crippen LogP contribution is 2.19. The number of H-pyrrole nitrogens is 2. The van der Waals surface area contributed by atoms with Crippen molar-refractivity contribution in [2.45, 2.75) is 75.5 Å². The number of nitrogens with zero attached hydrogens (tertiary/aromatic N) is 2. The number of carbonyl (C=O) groups is 6. The third-order valence-corrected chi connectivity index (χ3v) is 9.79. The minimum atomic E-state index is -1.23. The number of primary amides is 1. The smallest absolute Gasteiger partial charge is 0.243 e. The van der Waals surface area contributed by atoms with Crippen LogP contribution in [0.2, 0.25) is 0 Å². The van der Waals surface area contributed by atoms with Gasteiger partial charge in [0.2, 0.25) is 29.5 Å². The van der Waals surface area contributed by atoms with Crippen molar-refractivity contribution in [3.8, 4) is 0 Å². The number of guanidine groups is 1. The maximum Gasteiger partial charge on any atom is 0.243 e. The molecule has 0 fully saturated rings. The molecule has 0 saturated carbocycles. The summed E-state index contributed by atoms with van der Waals surface area (Å²) >= 11 is 0. The Balaban J connectivity index is 1.32. The number of amides is 5. The summed E-state index contributed by atoms with van der Waals surface area (Å²) in [5.41, 5.74) is 20.2. The van der Waals surface area contributed by atoms with E-state index in [-0.39, 0.29) is 69.7 Å². The number of hydrogen-bond donors (Lipinski definition) is 9. The number of aromatic amines is 2. The van der Waals surface area contributed by atoms with E-state index in [1.54, 1.807) is 54.7 Å². The molecule has 0 aliphatic heterocycles. The molecule has 0 radical (unpaired) electrons. The van der Waals surface area contributed by atoms with Gasteiger partial charge in [-0.05, 0) is 36.5 Å². The zero-order valence-electron chi connectivity index (χ0n) is 33.1. The number of hydrogen-bond acceptors (Lipinski definition) is 8. The van der Waals surface area contributed by atoms with Gasteiger partial charge in [0.05, 0.1) is 6.33 Å². The lowest BCUT2D eigenvalue weighted by Gasteiger charge is -2.26. The molecule has 0 bridgehead atoms. The maximum absolute atomic E-state index is 14.2. The summed E-state index contributed by atoms with van der Waals surface area (Å²) < 4.78 is 0. The Morgan fingerprint density at radius 2 is 1.28 bits per heavy atom. The summed E-state index contributed by atoms with van der Waals surface area (Å²) in [7, 11) is 0. The van der Waals surface area contributed by atoms with Gasteiger partial charge in [0, 0.05) is 73.2 Å². The molecule has 60 heavy (non-hydrogen) atoms. The fourth-order valence-corrected chi connectivity index (χ4v) is 6.66. The van der Waals surface area contributed by atoms with Gasteiger partial charge in [0.1, 0.15) is 24.2 Å². The van der Waals surface area contributed by atoms with Crippen LogP contribution in [0, 0.1) is 0 Å². The van der Waals surface area contributed by atoms with Gasteiger partial charge in [0.25, 0.3) is 0 Å². The molecular formula is C43H51N11O6. The van der Waals surface area contributed by atoms with Crippen LogP contribution in [0.4, 0.5) is 0 Å². The van der Waals surface area contributed by atoms with E-state index in [1.807, 2.05) is 36.4 Å². The number of para-hydroxylation sites is 1. The van der Waals surface area contributed by atoms with Gasteiger partial charge < -0.3 is 48.4 Å². The summed E-state index contributed by atoms with van der Waals surface area (Å²) in [5.74, 6) is -3.54. The minimum absolute atomic E-state index is 0.0148. The van der Waals surface area contributed by atoms with Crippen molar-refractivity contribution in [2.75, 3.05) is 6.54 Å². The molecule has 0 aliphatic carbocycles. The Bertz CT molecular complexity index is 2240. The Morgan fingerprint density at radius 1 is 0.650 bits per heavy atom. The van der Waals surface area contributed by atoms with Crippen molar-refractivity contribution in [3.63, 3.8) is 0 Å². The first-order valence-electron chi connectivity index (χ1n) is 19.7. The van der Waals surface area contributed by atoms with E-state index in [2.05, 4.69) is 41.2 Å². The first-order chi connectivity index (χ1) is 29.0. The average Bonchev–Trinajstić information content (AvgIpc) is 3.91. The Morgan fingerprint density at radius 3 is 1.97 bits per heavy atom. The van der Waals surface area contributed by atoms with E-state index in [9.17, 15) is 28.8 Å². The van der Waals surface area contributed by atoms with E-state index in [0.717, 1.165) is 16.5 Å². The van der Waals surface area contributed by atoms with Gasteiger partial charge in [-0.25, -0.2) is 4.98 Å². The monoisotopic (exact) mass is 817 g/mol. The number of rotatable bonds is 23. The highest BCUT2D eigenvalue weighted by molar-refractivity contribution is 5.97. The second kappa shape index (κ2) is 22.0. The van der Waals surface area contributed by atoms with Crippen LogP contribution in [0.25, 0.3) is 10.9 Å². The topological polar surface area (TPSA) is 285 Å². The summed E-state index contributed by atoms with van der Waals surface area (Å²) in [6, 6.07) is 20.5. The third-order valence-electron chi connectivity index (χ3n) is 9.79. The highest BCUT2D eigenvalue weighted by Gasteiger charge is 2.32. The van der Waals surface area contributed by atoms with E-state index >= 15 is 0 Å². The molecule has 17 heteroatoms. The van der Waals surface area contributed by atoms with Crippen LogP contribution in [-0.2, 0) is 43.2 Å². The quantitative estimate of drug-likeness (QED) is 0.0199.